The van der Waals surface area contributed by atoms with Gasteiger partial charge in [-0.15, -0.1) is 0 Å². The molecule has 0 saturated carbocycles. The van der Waals surface area contributed by atoms with Crippen LogP contribution in [0.5, 0.6) is 0 Å². The van der Waals surface area contributed by atoms with Gasteiger partial charge < -0.3 is 25.2 Å². The van der Waals surface area contributed by atoms with Crippen LogP contribution in [0.3, 0.4) is 0 Å². The predicted octanol–water partition coefficient (Wildman–Crippen LogP) is 8.12. The molecular weight excluding hydrogens is 779 g/mol. The van der Waals surface area contributed by atoms with Crippen LogP contribution < -0.4 is 10.6 Å². The molecule has 0 fully saturated rings. The fourth-order valence-corrected chi connectivity index (χ4v) is 5.87. The summed E-state index contributed by atoms with van der Waals surface area (Å²) in [6.45, 7) is 16.2. The Morgan fingerprint density at radius 2 is 1.29 bits per heavy atom. The molecule has 0 aromatic heterocycles. The average molecular weight is 843 g/mol. The number of rotatable bonds is 22. The summed E-state index contributed by atoms with van der Waals surface area (Å²) in [6.07, 6.45) is 4.85. The molecule has 1 aromatic carbocycles. The zero-order valence-electron chi connectivity index (χ0n) is 32.8. The van der Waals surface area contributed by atoms with Gasteiger partial charge in [-0.3, -0.25) is 19.2 Å². The first-order valence-electron chi connectivity index (χ1n) is 18.5. The van der Waals surface area contributed by atoms with E-state index in [0.717, 1.165) is 12.8 Å². The van der Waals surface area contributed by atoms with Gasteiger partial charge in [0.25, 0.3) is 0 Å². The molecule has 52 heavy (non-hydrogen) atoms. The number of aliphatic carboxylic acids is 1. The molecule has 1 rings (SSSR count). The average Bonchev–Trinajstić information content (AvgIpc) is 2.99. The molecule has 3 unspecified atom stereocenters. The number of aryl methyl sites for hydroxylation is 1. The minimum absolute atomic E-state index is 0.0721. The number of halogens is 1. The molecule has 0 radical (unpaired) electrons. The van der Waals surface area contributed by atoms with Crippen molar-refractivity contribution in [3.63, 3.8) is 0 Å². The van der Waals surface area contributed by atoms with Crippen molar-refractivity contribution in [1.29, 1.82) is 0 Å². The topological polar surface area (TPSA) is 165 Å². The lowest BCUT2D eigenvalue weighted by atomic mass is 9.84. The van der Waals surface area contributed by atoms with Crippen LogP contribution in [0.4, 0.5) is 4.79 Å². The Morgan fingerprint density at radius 3 is 1.85 bits per heavy atom. The van der Waals surface area contributed by atoms with E-state index in [1.165, 1.54) is 9.13 Å². The first kappa shape index (κ1) is 47.0. The first-order valence-corrected chi connectivity index (χ1v) is 19.6. The molecule has 3 atom stereocenters. The highest BCUT2D eigenvalue weighted by Crippen LogP contribution is 2.24. The largest absolute Gasteiger partial charge is 0.481 e. The van der Waals surface area contributed by atoms with E-state index in [0.29, 0.717) is 44.9 Å². The van der Waals surface area contributed by atoms with Crippen molar-refractivity contribution in [1.82, 2.24) is 10.6 Å². The Labute approximate surface area is 324 Å². The SMILES string of the molecule is CC(C)(C)OC(=O)CCC(NC(=O)NC(CCC(=O)CC(CCCCCC(=O)CCCc1ccc(I)cc1)C(=O)O)C(=O)OC(C)(C)C)C(C)(C)C. The second-order valence-corrected chi connectivity index (χ2v) is 17.9. The van der Waals surface area contributed by atoms with E-state index in [1.54, 1.807) is 41.5 Å². The zero-order valence-corrected chi connectivity index (χ0v) is 35.0. The van der Waals surface area contributed by atoms with Crippen LogP contribution in [0.25, 0.3) is 0 Å². The molecule has 12 heteroatoms. The van der Waals surface area contributed by atoms with Gasteiger partial charge in [-0.1, -0.05) is 45.7 Å². The summed E-state index contributed by atoms with van der Waals surface area (Å²) >= 11 is 2.26. The summed E-state index contributed by atoms with van der Waals surface area (Å²) in [6, 6.07) is 6.00. The number of hydrogen-bond acceptors (Lipinski definition) is 8. The van der Waals surface area contributed by atoms with Gasteiger partial charge in [0.2, 0.25) is 0 Å². The van der Waals surface area contributed by atoms with E-state index in [2.05, 4.69) is 57.5 Å². The summed E-state index contributed by atoms with van der Waals surface area (Å²) in [5.74, 6) is -3.19. The maximum Gasteiger partial charge on any atom is 0.329 e. The summed E-state index contributed by atoms with van der Waals surface area (Å²) in [5.41, 5.74) is -0.702. The van der Waals surface area contributed by atoms with E-state index in [9.17, 15) is 33.9 Å². The Balaban J connectivity index is 2.67. The number of Topliss-reactive ketones (excluding diaryl/α,β-unsaturated/α-hetero) is 2. The maximum absolute atomic E-state index is 13.2. The first-order chi connectivity index (χ1) is 23.9. The van der Waals surface area contributed by atoms with Crippen molar-refractivity contribution in [2.75, 3.05) is 0 Å². The number of amides is 2. The van der Waals surface area contributed by atoms with Gasteiger partial charge in [0.05, 0.1) is 5.92 Å². The van der Waals surface area contributed by atoms with E-state index >= 15 is 0 Å². The molecule has 3 N–H and O–H groups in total. The van der Waals surface area contributed by atoms with Crippen molar-refractivity contribution in [3.8, 4) is 0 Å². The van der Waals surface area contributed by atoms with E-state index in [-0.39, 0.29) is 43.2 Å². The van der Waals surface area contributed by atoms with Crippen LogP contribution in [-0.4, -0.2) is 63.9 Å². The summed E-state index contributed by atoms with van der Waals surface area (Å²) in [7, 11) is 0. The second kappa shape index (κ2) is 22.2. The quantitative estimate of drug-likeness (QED) is 0.0594. The number of carboxylic acid groups (broad SMARTS) is 1. The number of carboxylic acids is 1. The van der Waals surface area contributed by atoms with Gasteiger partial charge in [0, 0.05) is 41.7 Å². The van der Waals surface area contributed by atoms with Crippen molar-refractivity contribution >= 4 is 58.1 Å². The van der Waals surface area contributed by atoms with Crippen molar-refractivity contribution in [2.45, 2.75) is 169 Å². The fraction of sp³-hybridized carbons (Fsp3) is 0.700. The lowest BCUT2D eigenvalue weighted by molar-refractivity contribution is -0.157. The molecule has 0 aliphatic carbocycles. The molecule has 294 valence electrons. The third-order valence-corrected chi connectivity index (χ3v) is 9.00. The molecule has 2 amide bonds. The Morgan fingerprint density at radius 1 is 0.692 bits per heavy atom. The van der Waals surface area contributed by atoms with Gasteiger partial charge in [0.1, 0.15) is 28.8 Å². The highest BCUT2D eigenvalue weighted by atomic mass is 127. The molecule has 0 saturated heterocycles. The van der Waals surface area contributed by atoms with Crippen molar-refractivity contribution in [3.05, 3.63) is 33.4 Å². The van der Waals surface area contributed by atoms with Gasteiger partial charge >= 0.3 is 23.9 Å². The van der Waals surface area contributed by atoms with Crippen LogP contribution in [0.1, 0.15) is 145 Å². The molecule has 11 nitrogen and oxygen atoms in total. The molecule has 1 aromatic rings. The number of urea groups is 1. The smallest absolute Gasteiger partial charge is 0.329 e. The summed E-state index contributed by atoms with van der Waals surface area (Å²) in [5, 5.41) is 15.3. The van der Waals surface area contributed by atoms with E-state index in [4.69, 9.17) is 9.47 Å². The number of esters is 2. The summed E-state index contributed by atoms with van der Waals surface area (Å²) in [4.78, 5) is 75.9. The highest BCUT2D eigenvalue weighted by Gasteiger charge is 2.32. The molecule has 0 bridgehead atoms. The van der Waals surface area contributed by atoms with Crippen molar-refractivity contribution < 1.29 is 43.3 Å². The zero-order chi connectivity index (χ0) is 39.7. The lowest BCUT2D eigenvalue weighted by Gasteiger charge is -2.32. The highest BCUT2D eigenvalue weighted by molar-refractivity contribution is 14.1. The molecule has 0 aliphatic heterocycles. The monoisotopic (exact) mass is 842 g/mol. The number of ketones is 2. The van der Waals surface area contributed by atoms with Gasteiger partial charge in [-0.05, 0) is 126 Å². The standard InChI is InChI=1S/C40H63IN2O9/c1-38(2,3)33(24-25-34(46)51-39(4,5)6)43-37(50)42-32(36(49)52-40(7,8)9)23-22-31(45)26-28(35(47)48)15-11-10-12-16-30(44)17-13-14-27-18-20-29(41)21-19-27/h18-21,28,32-33H,10-17,22-26H2,1-9H3,(H,47,48)(H2,42,43,50). The van der Waals surface area contributed by atoms with Gasteiger partial charge in [0.15, 0.2) is 0 Å². The van der Waals surface area contributed by atoms with Gasteiger partial charge in [-0.2, -0.15) is 0 Å². The lowest BCUT2D eigenvalue weighted by Crippen LogP contribution is -2.53. The number of carbonyl (C=O) groups excluding carboxylic acids is 5. The maximum atomic E-state index is 13.2. The number of unbranched alkanes of at least 4 members (excludes halogenated alkanes) is 2. The van der Waals surface area contributed by atoms with Crippen LogP contribution in [0, 0.1) is 14.9 Å². The molecule has 0 spiro atoms. The van der Waals surface area contributed by atoms with Crippen LogP contribution in [0.15, 0.2) is 24.3 Å². The summed E-state index contributed by atoms with van der Waals surface area (Å²) < 4.78 is 12.1. The fourth-order valence-electron chi connectivity index (χ4n) is 5.51. The molecule has 0 heterocycles. The van der Waals surface area contributed by atoms with Crippen LogP contribution in [0.2, 0.25) is 0 Å². The number of ether oxygens (including phenoxy) is 2. The normalized spacial score (nSPS) is 13.7. The Hall–Kier alpha value is -3.03. The third-order valence-electron chi connectivity index (χ3n) is 8.28. The van der Waals surface area contributed by atoms with E-state index < -0.39 is 52.6 Å². The van der Waals surface area contributed by atoms with Crippen molar-refractivity contribution in [2.24, 2.45) is 11.3 Å². The molecule has 0 aliphatic rings. The van der Waals surface area contributed by atoms with E-state index in [1.807, 2.05) is 20.8 Å². The number of carbonyl (C=O) groups is 6. The van der Waals surface area contributed by atoms with Gasteiger partial charge in [-0.25, -0.2) is 9.59 Å². The van der Waals surface area contributed by atoms with Crippen LogP contribution >= 0.6 is 22.6 Å². The Bertz CT molecular complexity index is 1320. The minimum Gasteiger partial charge on any atom is -0.481 e. The molecular formula is C40H63IN2O9. The Kier molecular flexibility index (Phi) is 20.1. The van der Waals surface area contributed by atoms with Crippen LogP contribution in [-0.2, 0) is 39.9 Å². The third kappa shape index (κ3) is 22.1. The minimum atomic E-state index is -1.16. The number of hydrogen-bond donors (Lipinski definition) is 3. The predicted molar refractivity (Wildman–Crippen MR) is 210 cm³/mol. The number of benzene rings is 1. The second-order valence-electron chi connectivity index (χ2n) is 16.7. The number of nitrogens with one attached hydrogen (secondary N) is 2.